The van der Waals surface area contributed by atoms with Gasteiger partial charge < -0.3 is 14.2 Å². The van der Waals surface area contributed by atoms with E-state index in [1.165, 1.54) is 0 Å². The normalized spacial score (nSPS) is 15.2. The minimum Gasteiger partial charge on any atom is -0.497 e. The van der Waals surface area contributed by atoms with Crippen LogP contribution in [-0.2, 0) is 0 Å². The number of hydrogen-bond donors (Lipinski definition) is 0. The third-order valence-electron chi connectivity index (χ3n) is 6.06. The molecular weight excluding hydrogens is 402 g/mol. The molecule has 4 rings (SSSR count). The van der Waals surface area contributed by atoms with Crippen molar-refractivity contribution < 1.29 is 9.53 Å². The monoisotopic (exact) mass is 429 g/mol. The molecule has 1 amide bonds. The van der Waals surface area contributed by atoms with Crippen LogP contribution in [0.5, 0.6) is 5.75 Å². The highest BCUT2D eigenvalue weighted by molar-refractivity contribution is 5.96. The Morgan fingerprint density at radius 3 is 2.41 bits per heavy atom. The van der Waals surface area contributed by atoms with E-state index in [0.717, 1.165) is 28.5 Å². The van der Waals surface area contributed by atoms with Gasteiger partial charge in [-0.25, -0.2) is 4.98 Å². The molecule has 164 valence electrons. The summed E-state index contributed by atoms with van der Waals surface area (Å²) in [6.45, 7) is 6.41. The first kappa shape index (κ1) is 21.6. The number of carbonyl (C=O) groups excluding carboxylic acids is 1. The topological polar surface area (TPSA) is 74.4 Å². The highest BCUT2D eigenvalue weighted by Gasteiger charge is 2.29. The molecule has 2 aromatic heterocycles. The fourth-order valence-corrected chi connectivity index (χ4v) is 4.32. The standard InChI is InChI=1S/C25H27N5O2/c1-18-16-22(19(2)30(18)24-6-4-5-11-27-24)25(31)29-14-12-28(13-15-29)23(17-26)20-7-9-21(32-3)10-8-20/h4-11,16,23H,12-15H2,1-3H3. The molecule has 0 aliphatic carbocycles. The number of hydrogen-bond acceptors (Lipinski definition) is 5. The van der Waals surface area contributed by atoms with Gasteiger partial charge in [0.25, 0.3) is 5.91 Å². The lowest BCUT2D eigenvalue weighted by atomic mass is 10.1. The van der Waals surface area contributed by atoms with Crippen molar-refractivity contribution >= 4 is 5.91 Å². The Hall–Kier alpha value is -3.63. The first-order chi connectivity index (χ1) is 15.5. The van der Waals surface area contributed by atoms with E-state index in [0.29, 0.717) is 31.7 Å². The van der Waals surface area contributed by atoms with Crippen LogP contribution in [0.3, 0.4) is 0 Å². The van der Waals surface area contributed by atoms with E-state index in [2.05, 4.69) is 16.0 Å². The highest BCUT2D eigenvalue weighted by Crippen LogP contribution is 2.25. The second-order valence-corrected chi connectivity index (χ2v) is 7.94. The third kappa shape index (κ3) is 4.10. The number of piperazine rings is 1. The number of nitriles is 1. The van der Waals surface area contributed by atoms with Crippen molar-refractivity contribution in [3.8, 4) is 17.6 Å². The van der Waals surface area contributed by atoms with Crippen molar-refractivity contribution in [3.63, 3.8) is 0 Å². The number of pyridine rings is 1. The van der Waals surface area contributed by atoms with Crippen molar-refractivity contribution in [1.29, 1.82) is 5.26 Å². The van der Waals surface area contributed by atoms with Crippen LogP contribution in [0.25, 0.3) is 5.82 Å². The van der Waals surface area contributed by atoms with Gasteiger partial charge in [-0.3, -0.25) is 9.69 Å². The molecule has 1 unspecified atom stereocenters. The number of amides is 1. The van der Waals surface area contributed by atoms with Gasteiger partial charge >= 0.3 is 0 Å². The van der Waals surface area contributed by atoms with Crippen molar-refractivity contribution in [2.24, 2.45) is 0 Å². The SMILES string of the molecule is COc1ccc(C(C#N)N2CCN(C(=O)c3cc(C)n(-c4ccccn4)c3C)CC2)cc1. The minimum absolute atomic E-state index is 0.0258. The lowest BCUT2D eigenvalue weighted by Crippen LogP contribution is -2.49. The van der Waals surface area contributed by atoms with Crippen LogP contribution in [0.1, 0.15) is 33.4 Å². The zero-order valence-electron chi connectivity index (χ0n) is 18.7. The smallest absolute Gasteiger partial charge is 0.255 e. The Balaban J connectivity index is 1.46. The molecule has 32 heavy (non-hydrogen) atoms. The van der Waals surface area contributed by atoms with Gasteiger partial charge in [0.1, 0.15) is 17.6 Å². The average molecular weight is 430 g/mol. The Bertz CT molecular complexity index is 1120. The number of benzene rings is 1. The highest BCUT2D eigenvalue weighted by atomic mass is 16.5. The number of aromatic nitrogens is 2. The maximum absolute atomic E-state index is 13.3. The molecule has 1 atom stereocenters. The van der Waals surface area contributed by atoms with Gasteiger partial charge in [-0.05, 0) is 49.7 Å². The Labute approximate surface area is 188 Å². The van der Waals surface area contributed by atoms with Gasteiger partial charge in [0.05, 0.1) is 18.7 Å². The van der Waals surface area contributed by atoms with E-state index >= 15 is 0 Å². The largest absolute Gasteiger partial charge is 0.497 e. The molecule has 1 aliphatic heterocycles. The molecule has 3 heterocycles. The number of ether oxygens (including phenoxy) is 1. The molecule has 1 aliphatic rings. The predicted octanol–water partition coefficient (Wildman–Crippen LogP) is 3.52. The maximum atomic E-state index is 13.3. The summed E-state index contributed by atoms with van der Waals surface area (Å²) in [6, 6.07) is 17.4. The summed E-state index contributed by atoms with van der Waals surface area (Å²) in [5.41, 5.74) is 3.51. The van der Waals surface area contributed by atoms with Crippen LogP contribution < -0.4 is 4.74 Å². The van der Waals surface area contributed by atoms with Crippen molar-refractivity contribution in [2.45, 2.75) is 19.9 Å². The van der Waals surface area contributed by atoms with Crippen LogP contribution in [0.4, 0.5) is 0 Å². The molecule has 3 aromatic rings. The van der Waals surface area contributed by atoms with Crippen LogP contribution >= 0.6 is 0 Å². The number of nitrogens with zero attached hydrogens (tertiary/aromatic N) is 5. The summed E-state index contributed by atoms with van der Waals surface area (Å²) < 4.78 is 7.22. The molecule has 1 aromatic carbocycles. The second kappa shape index (κ2) is 9.25. The van der Waals surface area contributed by atoms with Gasteiger partial charge in [0.2, 0.25) is 0 Å². The van der Waals surface area contributed by atoms with Gasteiger partial charge in [-0.2, -0.15) is 5.26 Å². The molecule has 0 radical (unpaired) electrons. The van der Waals surface area contributed by atoms with Crippen molar-refractivity contribution in [1.82, 2.24) is 19.4 Å². The van der Waals surface area contributed by atoms with Gasteiger partial charge in [-0.15, -0.1) is 0 Å². The summed E-state index contributed by atoms with van der Waals surface area (Å²) in [7, 11) is 1.63. The Morgan fingerprint density at radius 1 is 1.09 bits per heavy atom. The molecular formula is C25H27N5O2. The van der Waals surface area contributed by atoms with Gasteiger partial charge in [0.15, 0.2) is 0 Å². The average Bonchev–Trinajstić information content (AvgIpc) is 3.14. The Morgan fingerprint density at radius 2 is 1.81 bits per heavy atom. The lowest BCUT2D eigenvalue weighted by molar-refractivity contribution is 0.0605. The van der Waals surface area contributed by atoms with Crippen LogP contribution in [0.15, 0.2) is 54.7 Å². The molecule has 0 saturated carbocycles. The zero-order valence-corrected chi connectivity index (χ0v) is 18.7. The Kier molecular flexibility index (Phi) is 6.24. The molecule has 0 bridgehead atoms. The zero-order chi connectivity index (χ0) is 22.7. The fourth-order valence-electron chi connectivity index (χ4n) is 4.32. The van der Waals surface area contributed by atoms with E-state index in [1.54, 1.807) is 13.3 Å². The molecule has 7 heteroatoms. The van der Waals surface area contributed by atoms with E-state index in [4.69, 9.17) is 4.74 Å². The first-order valence-electron chi connectivity index (χ1n) is 10.7. The molecule has 0 spiro atoms. The van der Waals surface area contributed by atoms with Crippen LogP contribution in [0.2, 0.25) is 0 Å². The summed E-state index contributed by atoms with van der Waals surface area (Å²) in [6.07, 6.45) is 1.75. The van der Waals surface area contributed by atoms with E-state index < -0.39 is 0 Å². The summed E-state index contributed by atoms with van der Waals surface area (Å²) in [5, 5.41) is 9.78. The summed E-state index contributed by atoms with van der Waals surface area (Å²) in [4.78, 5) is 21.7. The van der Waals surface area contributed by atoms with E-state index in [-0.39, 0.29) is 11.9 Å². The molecule has 1 fully saturated rings. The van der Waals surface area contributed by atoms with Crippen molar-refractivity contribution in [3.05, 3.63) is 77.2 Å². The minimum atomic E-state index is -0.340. The number of methoxy groups -OCH3 is 1. The quantitative estimate of drug-likeness (QED) is 0.620. The lowest BCUT2D eigenvalue weighted by Gasteiger charge is -2.37. The maximum Gasteiger partial charge on any atom is 0.255 e. The molecule has 0 N–H and O–H groups in total. The van der Waals surface area contributed by atoms with Gasteiger partial charge in [0, 0.05) is 43.8 Å². The summed E-state index contributed by atoms with van der Waals surface area (Å²) in [5.74, 6) is 1.60. The van der Waals surface area contributed by atoms with E-state index in [9.17, 15) is 10.1 Å². The van der Waals surface area contributed by atoms with Crippen LogP contribution in [0, 0.1) is 25.2 Å². The summed E-state index contributed by atoms with van der Waals surface area (Å²) >= 11 is 0. The first-order valence-corrected chi connectivity index (χ1v) is 10.7. The molecule has 1 saturated heterocycles. The number of carbonyl (C=O) groups is 1. The number of aryl methyl sites for hydroxylation is 1. The second-order valence-electron chi connectivity index (χ2n) is 7.94. The van der Waals surface area contributed by atoms with E-state index in [1.807, 2.05) is 71.8 Å². The van der Waals surface area contributed by atoms with Crippen LogP contribution in [-0.4, -0.2) is 58.5 Å². The predicted molar refractivity (Wildman–Crippen MR) is 122 cm³/mol. The number of rotatable bonds is 5. The molecule has 7 nitrogen and oxygen atoms in total. The third-order valence-corrected chi connectivity index (χ3v) is 6.06. The van der Waals surface area contributed by atoms with Crippen molar-refractivity contribution in [2.75, 3.05) is 33.3 Å². The fraction of sp³-hybridized carbons (Fsp3) is 0.320. The van der Waals surface area contributed by atoms with Gasteiger partial charge in [-0.1, -0.05) is 18.2 Å².